The van der Waals surface area contributed by atoms with Gasteiger partial charge in [-0.1, -0.05) is 60.7 Å². The van der Waals surface area contributed by atoms with Gasteiger partial charge in [-0.15, -0.1) is 0 Å². The number of rotatable bonds is 3. The zero-order valence-electron chi connectivity index (χ0n) is 13.5. The Hall–Kier alpha value is -2.81. The highest BCUT2D eigenvalue weighted by Crippen LogP contribution is 2.37. The van der Waals surface area contributed by atoms with E-state index < -0.39 is 0 Å². The van der Waals surface area contributed by atoms with Gasteiger partial charge >= 0.3 is 5.97 Å². The van der Waals surface area contributed by atoms with E-state index in [1.165, 1.54) is 7.11 Å². The Morgan fingerprint density at radius 1 is 0.913 bits per heavy atom. The molecule has 23 heavy (non-hydrogen) atoms. The maximum atomic E-state index is 12.5. The highest BCUT2D eigenvalue weighted by Gasteiger charge is 2.26. The van der Waals surface area contributed by atoms with E-state index in [-0.39, 0.29) is 5.97 Å². The van der Waals surface area contributed by atoms with Crippen LogP contribution in [0.2, 0.25) is 0 Å². The van der Waals surface area contributed by atoms with Gasteiger partial charge < -0.3 is 9.30 Å². The third kappa shape index (κ3) is 2.55. The van der Waals surface area contributed by atoms with Crippen LogP contribution in [0.25, 0.3) is 22.4 Å². The predicted octanol–water partition coefficient (Wildman–Crippen LogP) is 4.45. The van der Waals surface area contributed by atoms with Crippen molar-refractivity contribution in [2.75, 3.05) is 7.11 Å². The number of aromatic nitrogens is 1. The third-order valence-corrected chi connectivity index (χ3v) is 4.19. The number of nitrogens with zero attached hydrogens (tertiary/aromatic N) is 1. The van der Waals surface area contributed by atoms with Crippen molar-refractivity contribution in [3.8, 4) is 22.4 Å². The van der Waals surface area contributed by atoms with Gasteiger partial charge in [0.1, 0.15) is 0 Å². The molecule has 0 N–H and O–H groups in total. The Balaban J connectivity index is 2.36. The van der Waals surface area contributed by atoms with Crippen LogP contribution in [-0.4, -0.2) is 17.6 Å². The minimum Gasteiger partial charge on any atom is -0.465 e. The summed E-state index contributed by atoms with van der Waals surface area (Å²) in [6.07, 6.45) is 0. The summed E-state index contributed by atoms with van der Waals surface area (Å²) in [5.41, 5.74) is 5.48. The topological polar surface area (TPSA) is 31.2 Å². The maximum absolute atomic E-state index is 12.5. The van der Waals surface area contributed by atoms with E-state index in [9.17, 15) is 4.79 Å². The first-order valence-electron chi connectivity index (χ1n) is 7.53. The summed E-state index contributed by atoms with van der Waals surface area (Å²) in [5.74, 6) is -0.314. The molecule has 0 radical (unpaired) electrons. The molecule has 0 aliphatic rings. The monoisotopic (exact) mass is 305 g/mol. The molecule has 3 aromatic rings. The summed E-state index contributed by atoms with van der Waals surface area (Å²) in [5, 5.41) is 0. The van der Waals surface area contributed by atoms with E-state index in [1.807, 2.05) is 74.6 Å². The lowest BCUT2D eigenvalue weighted by atomic mass is 9.98. The Labute approximate surface area is 136 Å². The number of carbonyl (C=O) groups is 1. The molecule has 0 aliphatic heterocycles. The van der Waals surface area contributed by atoms with Gasteiger partial charge in [-0.3, -0.25) is 0 Å². The number of hydrogen-bond acceptors (Lipinski definition) is 2. The molecular formula is C20H19NO2. The summed E-state index contributed by atoms with van der Waals surface area (Å²) < 4.78 is 7.14. The van der Waals surface area contributed by atoms with Crippen molar-refractivity contribution in [2.24, 2.45) is 7.05 Å². The van der Waals surface area contributed by atoms with Crippen molar-refractivity contribution in [3.63, 3.8) is 0 Å². The molecular weight excluding hydrogens is 286 g/mol. The van der Waals surface area contributed by atoms with Gasteiger partial charge in [-0.05, 0) is 18.1 Å². The fraction of sp³-hybridized carbons (Fsp3) is 0.150. The van der Waals surface area contributed by atoms with Gasteiger partial charge in [-0.2, -0.15) is 0 Å². The number of benzene rings is 2. The van der Waals surface area contributed by atoms with Crippen LogP contribution in [0.15, 0.2) is 60.7 Å². The minimum absolute atomic E-state index is 0.314. The van der Waals surface area contributed by atoms with Crippen molar-refractivity contribution in [1.29, 1.82) is 0 Å². The lowest BCUT2D eigenvalue weighted by Gasteiger charge is -2.08. The SMILES string of the molecule is COC(=O)c1c(-c2ccccc2)c(C)n(C)c1-c1ccccc1. The van der Waals surface area contributed by atoms with Crippen molar-refractivity contribution in [3.05, 3.63) is 71.9 Å². The van der Waals surface area contributed by atoms with E-state index in [2.05, 4.69) is 4.57 Å². The molecule has 0 unspecified atom stereocenters. The van der Waals surface area contributed by atoms with Crippen LogP contribution >= 0.6 is 0 Å². The van der Waals surface area contributed by atoms with E-state index in [0.29, 0.717) is 5.56 Å². The first-order chi connectivity index (χ1) is 11.1. The van der Waals surface area contributed by atoms with Crippen LogP contribution < -0.4 is 0 Å². The predicted molar refractivity (Wildman–Crippen MR) is 92.4 cm³/mol. The Bertz CT molecular complexity index is 770. The van der Waals surface area contributed by atoms with E-state index >= 15 is 0 Å². The zero-order chi connectivity index (χ0) is 16.4. The average Bonchev–Trinajstić information content (AvgIpc) is 2.87. The van der Waals surface area contributed by atoms with Crippen molar-refractivity contribution < 1.29 is 9.53 Å². The van der Waals surface area contributed by atoms with Gasteiger partial charge in [0.25, 0.3) is 0 Å². The van der Waals surface area contributed by atoms with Crippen LogP contribution in [-0.2, 0) is 11.8 Å². The van der Waals surface area contributed by atoms with Crippen molar-refractivity contribution in [1.82, 2.24) is 4.57 Å². The molecule has 0 bridgehead atoms. The smallest absolute Gasteiger partial charge is 0.340 e. The standard InChI is InChI=1S/C20H19NO2/c1-14-17(15-10-6-4-7-11-15)18(20(22)23-3)19(21(14)2)16-12-8-5-9-13-16/h4-13H,1-3H3. The molecule has 0 spiro atoms. The second-order valence-corrected chi connectivity index (χ2v) is 5.47. The summed E-state index contributed by atoms with van der Waals surface area (Å²) in [4.78, 5) is 12.5. The molecule has 1 heterocycles. The molecule has 2 aromatic carbocycles. The zero-order valence-corrected chi connectivity index (χ0v) is 13.5. The van der Waals surface area contributed by atoms with Crippen LogP contribution in [0.3, 0.4) is 0 Å². The van der Waals surface area contributed by atoms with Crippen LogP contribution in [0.1, 0.15) is 16.1 Å². The molecule has 0 amide bonds. The number of carbonyl (C=O) groups excluding carboxylic acids is 1. The molecule has 0 aliphatic carbocycles. The minimum atomic E-state index is -0.314. The highest BCUT2D eigenvalue weighted by molar-refractivity contribution is 6.04. The lowest BCUT2D eigenvalue weighted by molar-refractivity contribution is 0.0602. The van der Waals surface area contributed by atoms with Gasteiger partial charge in [0.2, 0.25) is 0 Å². The Morgan fingerprint density at radius 2 is 1.43 bits per heavy atom. The lowest BCUT2D eigenvalue weighted by Crippen LogP contribution is -2.04. The normalized spacial score (nSPS) is 10.6. The number of esters is 1. The molecule has 0 saturated carbocycles. The molecule has 0 atom stereocenters. The number of ether oxygens (including phenoxy) is 1. The summed E-state index contributed by atoms with van der Waals surface area (Å²) in [6, 6.07) is 19.9. The van der Waals surface area contributed by atoms with E-state index in [1.54, 1.807) is 0 Å². The van der Waals surface area contributed by atoms with E-state index in [0.717, 1.165) is 28.1 Å². The number of hydrogen-bond donors (Lipinski definition) is 0. The van der Waals surface area contributed by atoms with Crippen LogP contribution in [0.4, 0.5) is 0 Å². The highest BCUT2D eigenvalue weighted by atomic mass is 16.5. The fourth-order valence-electron chi connectivity index (χ4n) is 3.00. The van der Waals surface area contributed by atoms with Gasteiger partial charge in [0.05, 0.1) is 18.4 Å². The third-order valence-electron chi connectivity index (χ3n) is 4.19. The molecule has 3 rings (SSSR count). The molecule has 3 heteroatoms. The van der Waals surface area contributed by atoms with Crippen LogP contribution in [0, 0.1) is 6.92 Å². The summed E-state index contributed by atoms with van der Waals surface area (Å²) in [6.45, 7) is 2.03. The first-order valence-corrected chi connectivity index (χ1v) is 7.53. The Morgan fingerprint density at radius 3 is 1.96 bits per heavy atom. The number of methoxy groups -OCH3 is 1. The molecule has 116 valence electrons. The van der Waals surface area contributed by atoms with Gasteiger partial charge in [0, 0.05) is 18.3 Å². The molecule has 0 saturated heterocycles. The quantitative estimate of drug-likeness (QED) is 0.669. The van der Waals surface area contributed by atoms with Gasteiger partial charge in [0.15, 0.2) is 0 Å². The molecule has 1 aromatic heterocycles. The van der Waals surface area contributed by atoms with Gasteiger partial charge in [-0.25, -0.2) is 4.79 Å². The second-order valence-electron chi connectivity index (χ2n) is 5.47. The van der Waals surface area contributed by atoms with Crippen molar-refractivity contribution in [2.45, 2.75) is 6.92 Å². The molecule has 0 fully saturated rings. The van der Waals surface area contributed by atoms with E-state index in [4.69, 9.17) is 4.74 Å². The maximum Gasteiger partial charge on any atom is 0.340 e. The summed E-state index contributed by atoms with van der Waals surface area (Å²) >= 11 is 0. The first kappa shape index (κ1) is 15.1. The average molecular weight is 305 g/mol. The van der Waals surface area contributed by atoms with Crippen molar-refractivity contribution >= 4 is 5.97 Å². The second kappa shape index (κ2) is 6.13. The Kier molecular flexibility index (Phi) is 4.02. The van der Waals surface area contributed by atoms with Crippen LogP contribution in [0.5, 0.6) is 0 Å². The fourth-order valence-corrected chi connectivity index (χ4v) is 3.00. The largest absolute Gasteiger partial charge is 0.465 e. The summed E-state index contributed by atoms with van der Waals surface area (Å²) in [7, 11) is 3.41. The molecule has 3 nitrogen and oxygen atoms in total.